The maximum atomic E-state index is 11.9. The molecule has 1 aromatic heterocycles. The molecule has 21 heavy (non-hydrogen) atoms. The standard InChI is InChI=1S/C14H24N2O3SSi/c1-9(17)11(21(5,6)7)10-8-15-13(20-10)19-12(18)16-14(2,3)4/h8,11H,1-7H3,(H,16,18). The number of thiazole rings is 1. The molecule has 1 heterocycles. The van der Waals surface area contributed by atoms with Crippen LogP contribution in [0.5, 0.6) is 5.19 Å². The highest BCUT2D eigenvalue weighted by atomic mass is 32.1. The lowest BCUT2D eigenvalue weighted by Crippen LogP contribution is -2.42. The van der Waals surface area contributed by atoms with Crippen LogP contribution in [0.2, 0.25) is 19.6 Å². The van der Waals surface area contributed by atoms with Crippen LogP contribution in [0.25, 0.3) is 0 Å². The van der Waals surface area contributed by atoms with Crippen molar-refractivity contribution < 1.29 is 14.3 Å². The van der Waals surface area contributed by atoms with Crippen molar-refractivity contribution in [3.05, 3.63) is 11.1 Å². The Kier molecular flexibility index (Phi) is 5.33. The Hall–Kier alpha value is -1.21. The molecule has 0 aliphatic carbocycles. The van der Waals surface area contributed by atoms with Crippen LogP contribution < -0.4 is 10.1 Å². The zero-order valence-corrected chi connectivity index (χ0v) is 15.6. The van der Waals surface area contributed by atoms with E-state index in [4.69, 9.17) is 4.74 Å². The van der Waals surface area contributed by atoms with E-state index in [9.17, 15) is 9.59 Å². The summed E-state index contributed by atoms with van der Waals surface area (Å²) >= 11 is 1.27. The van der Waals surface area contributed by atoms with Gasteiger partial charge in [0.25, 0.3) is 5.19 Å². The van der Waals surface area contributed by atoms with Gasteiger partial charge in [0.2, 0.25) is 0 Å². The smallest absolute Gasteiger partial charge is 0.381 e. The molecule has 1 N–H and O–H groups in total. The van der Waals surface area contributed by atoms with Gasteiger partial charge in [-0.2, -0.15) is 0 Å². The van der Waals surface area contributed by atoms with Crippen LogP contribution in [-0.4, -0.2) is 30.5 Å². The predicted molar refractivity (Wildman–Crippen MR) is 87.8 cm³/mol. The molecule has 1 aromatic rings. The first-order valence-corrected chi connectivity index (χ1v) is 11.3. The highest BCUT2D eigenvalue weighted by molar-refractivity contribution is 7.14. The van der Waals surface area contributed by atoms with E-state index in [0.717, 1.165) is 4.88 Å². The molecule has 0 bridgehead atoms. The van der Waals surface area contributed by atoms with Gasteiger partial charge >= 0.3 is 6.09 Å². The van der Waals surface area contributed by atoms with E-state index < -0.39 is 14.2 Å². The van der Waals surface area contributed by atoms with Gasteiger partial charge in [-0.05, 0) is 27.7 Å². The van der Waals surface area contributed by atoms with Crippen LogP contribution in [0.15, 0.2) is 6.20 Å². The van der Waals surface area contributed by atoms with Gasteiger partial charge in [0.15, 0.2) is 0 Å². The van der Waals surface area contributed by atoms with E-state index in [1.807, 2.05) is 20.8 Å². The van der Waals surface area contributed by atoms with Gasteiger partial charge in [-0.1, -0.05) is 31.0 Å². The van der Waals surface area contributed by atoms with Crippen LogP contribution in [0.1, 0.15) is 38.1 Å². The molecule has 0 aliphatic heterocycles. The molecular weight excluding hydrogens is 304 g/mol. The topological polar surface area (TPSA) is 68.3 Å². The van der Waals surface area contributed by atoms with E-state index in [1.54, 1.807) is 13.1 Å². The number of hydrogen-bond acceptors (Lipinski definition) is 5. The van der Waals surface area contributed by atoms with Crippen molar-refractivity contribution in [3.8, 4) is 5.19 Å². The maximum absolute atomic E-state index is 11.9. The third kappa shape index (κ3) is 5.59. The molecule has 7 heteroatoms. The number of ether oxygens (including phenoxy) is 1. The lowest BCUT2D eigenvalue weighted by Gasteiger charge is -2.24. The van der Waals surface area contributed by atoms with Crippen LogP contribution in [0.4, 0.5) is 4.79 Å². The molecule has 1 unspecified atom stereocenters. The average molecular weight is 329 g/mol. The molecular formula is C14H24N2O3SSi. The number of amides is 1. The maximum Gasteiger partial charge on any atom is 0.414 e. The largest absolute Gasteiger partial charge is 0.414 e. The Balaban J connectivity index is 2.86. The van der Waals surface area contributed by atoms with Crippen LogP contribution in [0, 0.1) is 0 Å². The number of carbonyl (C=O) groups excluding carboxylic acids is 2. The van der Waals surface area contributed by atoms with Crippen molar-refractivity contribution in [2.45, 2.75) is 58.4 Å². The Morgan fingerprint density at radius 3 is 2.33 bits per heavy atom. The fourth-order valence-electron chi connectivity index (χ4n) is 2.10. The monoisotopic (exact) mass is 328 g/mol. The number of hydrogen-bond donors (Lipinski definition) is 1. The first-order valence-electron chi connectivity index (χ1n) is 6.86. The van der Waals surface area contributed by atoms with E-state index in [0.29, 0.717) is 0 Å². The summed E-state index contributed by atoms with van der Waals surface area (Å²) in [7, 11) is -1.69. The van der Waals surface area contributed by atoms with Crippen molar-refractivity contribution in [1.29, 1.82) is 0 Å². The Bertz CT molecular complexity index is 529. The summed E-state index contributed by atoms with van der Waals surface area (Å²) in [5.41, 5.74) is -0.477. The first kappa shape index (κ1) is 17.8. The third-order valence-corrected chi connectivity index (χ3v) is 6.32. The molecule has 1 rings (SSSR count). The molecule has 0 spiro atoms. The van der Waals surface area contributed by atoms with Crippen molar-refractivity contribution in [2.75, 3.05) is 0 Å². The number of ketones is 1. The molecule has 0 aliphatic rings. The van der Waals surface area contributed by atoms with Gasteiger partial charge in [0.1, 0.15) is 5.78 Å². The van der Waals surface area contributed by atoms with E-state index >= 15 is 0 Å². The second-order valence-corrected chi connectivity index (χ2v) is 13.5. The molecule has 0 saturated heterocycles. The van der Waals surface area contributed by atoms with Gasteiger partial charge in [0.05, 0.1) is 8.07 Å². The third-order valence-electron chi connectivity index (χ3n) is 2.72. The van der Waals surface area contributed by atoms with Gasteiger partial charge < -0.3 is 10.1 Å². The summed E-state index contributed by atoms with van der Waals surface area (Å²) in [6, 6.07) is 0. The highest BCUT2D eigenvalue weighted by Gasteiger charge is 2.34. The van der Waals surface area contributed by atoms with Crippen LogP contribution >= 0.6 is 11.3 Å². The lowest BCUT2D eigenvalue weighted by atomic mass is 10.1. The van der Waals surface area contributed by atoms with Crippen LogP contribution in [0.3, 0.4) is 0 Å². The number of carbonyl (C=O) groups is 2. The van der Waals surface area contributed by atoms with Crippen molar-refractivity contribution in [3.63, 3.8) is 0 Å². The SMILES string of the molecule is CC(=O)C(c1cnc(OC(=O)NC(C)(C)C)s1)[Si](C)(C)C. The fourth-order valence-corrected chi connectivity index (χ4v) is 6.30. The normalized spacial score (nSPS) is 13.7. The van der Waals surface area contributed by atoms with Crippen molar-refractivity contribution >= 4 is 31.3 Å². The molecule has 5 nitrogen and oxygen atoms in total. The number of aromatic nitrogens is 1. The first-order chi connectivity index (χ1) is 9.40. The van der Waals surface area contributed by atoms with Crippen LogP contribution in [-0.2, 0) is 4.79 Å². The molecule has 0 saturated carbocycles. The Morgan fingerprint density at radius 1 is 1.33 bits per heavy atom. The molecule has 0 aromatic carbocycles. The summed E-state index contributed by atoms with van der Waals surface area (Å²) in [6.45, 7) is 13.7. The molecule has 0 fully saturated rings. The van der Waals surface area contributed by atoms with Crippen molar-refractivity contribution in [1.82, 2.24) is 10.3 Å². The second kappa shape index (κ2) is 6.27. The van der Waals surface area contributed by atoms with E-state index in [2.05, 4.69) is 29.9 Å². The molecule has 0 radical (unpaired) electrons. The highest BCUT2D eigenvalue weighted by Crippen LogP contribution is 2.34. The zero-order chi connectivity index (χ0) is 16.4. The predicted octanol–water partition coefficient (Wildman–Crippen LogP) is 3.58. The molecule has 118 valence electrons. The summed E-state index contributed by atoms with van der Waals surface area (Å²) < 4.78 is 5.18. The number of nitrogens with one attached hydrogen (secondary N) is 1. The number of rotatable bonds is 4. The fraction of sp³-hybridized carbons (Fsp3) is 0.643. The summed E-state index contributed by atoms with van der Waals surface area (Å²) in [5, 5.41) is 2.98. The summed E-state index contributed by atoms with van der Waals surface area (Å²) in [4.78, 5) is 28.6. The van der Waals surface area contributed by atoms with E-state index in [-0.39, 0.29) is 22.1 Å². The van der Waals surface area contributed by atoms with Gasteiger partial charge in [-0.25, -0.2) is 9.78 Å². The quantitative estimate of drug-likeness (QED) is 0.858. The van der Waals surface area contributed by atoms with Gasteiger partial charge in [-0.3, -0.25) is 4.79 Å². The Morgan fingerprint density at radius 2 is 1.90 bits per heavy atom. The second-order valence-electron chi connectivity index (χ2n) is 7.20. The van der Waals surface area contributed by atoms with Gasteiger partial charge in [0, 0.05) is 22.2 Å². The van der Waals surface area contributed by atoms with Gasteiger partial charge in [-0.15, -0.1) is 0 Å². The summed E-state index contributed by atoms with van der Waals surface area (Å²) in [5.74, 6) is 0.142. The minimum atomic E-state index is -1.69. The minimum absolute atomic E-state index is 0.113. The summed E-state index contributed by atoms with van der Waals surface area (Å²) in [6.07, 6.45) is 1.12. The average Bonchev–Trinajstić information content (AvgIpc) is 2.59. The molecule has 1 amide bonds. The van der Waals surface area contributed by atoms with Crippen molar-refractivity contribution in [2.24, 2.45) is 0 Å². The minimum Gasteiger partial charge on any atom is -0.381 e. The lowest BCUT2D eigenvalue weighted by molar-refractivity contribution is -0.116. The van der Waals surface area contributed by atoms with E-state index in [1.165, 1.54) is 11.3 Å². The zero-order valence-electron chi connectivity index (χ0n) is 13.7. The number of Topliss-reactive ketones (excluding diaryl/α,β-unsaturated/α-hetero) is 1. The Labute approximate surface area is 131 Å². The molecule has 1 atom stereocenters. The number of nitrogens with zero attached hydrogens (tertiary/aromatic N) is 1.